The third-order valence-electron chi connectivity index (χ3n) is 7.75. The standard InChI is InChI=1S/C45H69O9P/c1-3-5-7-9-11-13-15-17-18-19-20-21-22-24-26-28-30-32-34-38-44(47)52-40-43(41-53-55(49,50)51)54-45(48)39-35-37-42(46)36-33-31-29-27-25-23-16-14-12-10-8-6-4-2/h5,7,11-14,17-18,20-21,23-26,29,31,33,36,43H,3-4,6,8-10,15-16,19,22,27-28,30,32,34-35,37-41H2,1-2H3,(H2,49,50,51)/b7-5-,13-11-,14-12-,18-17-,21-20-,25-23-,26-24-,31-29-,36-33+/t43-/m1/s1. The average molecular weight is 785 g/mol. The van der Waals surface area contributed by atoms with E-state index in [1.165, 1.54) is 25.3 Å². The van der Waals surface area contributed by atoms with Gasteiger partial charge < -0.3 is 19.3 Å². The minimum atomic E-state index is -4.84. The fourth-order valence-electron chi connectivity index (χ4n) is 4.76. The molecule has 0 rings (SSSR count). The lowest BCUT2D eigenvalue weighted by Gasteiger charge is -2.18. The van der Waals surface area contributed by atoms with E-state index in [1.54, 1.807) is 12.2 Å². The molecule has 0 aromatic carbocycles. The first-order valence-corrected chi connectivity index (χ1v) is 21.7. The Labute approximate surface area is 332 Å². The topological polar surface area (TPSA) is 136 Å². The highest BCUT2D eigenvalue weighted by Gasteiger charge is 2.23. The van der Waals surface area contributed by atoms with Crippen LogP contribution in [0, 0.1) is 0 Å². The Morgan fingerprint density at radius 1 is 0.545 bits per heavy atom. The molecule has 0 aliphatic carbocycles. The molecule has 2 N–H and O–H groups in total. The summed E-state index contributed by atoms with van der Waals surface area (Å²) in [6.45, 7) is 3.29. The first-order valence-electron chi connectivity index (χ1n) is 20.1. The molecular weight excluding hydrogens is 715 g/mol. The number of allylic oxidation sites excluding steroid dienone is 18. The largest absolute Gasteiger partial charge is 0.469 e. The van der Waals surface area contributed by atoms with Crippen LogP contribution in [0.1, 0.15) is 136 Å². The molecule has 0 amide bonds. The van der Waals surface area contributed by atoms with Crippen molar-refractivity contribution in [1.82, 2.24) is 0 Å². The molecule has 0 aliphatic rings. The van der Waals surface area contributed by atoms with Crippen molar-refractivity contribution in [3.05, 3.63) is 109 Å². The molecule has 0 saturated carbocycles. The zero-order chi connectivity index (χ0) is 40.5. The normalized spacial score (nSPS) is 13.5. The van der Waals surface area contributed by atoms with Crippen LogP contribution in [0.3, 0.4) is 0 Å². The van der Waals surface area contributed by atoms with Gasteiger partial charge in [0.1, 0.15) is 6.61 Å². The van der Waals surface area contributed by atoms with Gasteiger partial charge in [0, 0.05) is 19.3 Å². The molecule has 308 valence electrons. The van der Waals surface area contributed by atoms with Crippen LogP contribution >= 0.6 is 7.82 Å². The van der Waals surface area contributed by atoms with Crippen molar-refractivity contribution in [2.45, 2.75) is 142 Å². The maximum Gasteiger partial charge on any atom is 0.469 e. The molecule has 0 spiro atoms. The molecule has 10 heteroatoms. The van der Waals surface area contributed by atoms with Gasteiger partial charge in [-0.1, -0.05) is 136 Å². The van der Waals surface area contributed by atoms with E-state index in [-0.39, 0.29) is 31.5 Å². The van der Waals surface area contributed by atoms with Gasteiger partial charge in [-0.25, -0.2) is 4.57 Å². The zero-order valence-corrected chi connectivity index (χ0v) is 34.4. The summed E-state index contributed by atoms with van der Waals surface area (Å²) >= 11 is 0. The number of unbranched alkanes of at least 4 members (excludes halogenated alkanes) is 6. The molecule has 9 nitrogen and oxygen atoms in total. The number of ketones is 1. The number of phosphoric acid groups is 1. The first kappa shape index (κ1) is 51.4. The second kappa shape index (κ2) is 38.6. The Hall–Kier alpha value is -3.62. The Bertz CT molecular complexity index is 1310. The summed E-state index contributed by atoms with van der Waals surface area (Å²) in [4.78, 5) is 54.9. The van der Waals surface area contributed by atoms with Crippen molar-refractivity contribution in [2.75, 3.05) is 13.2 Å². The molecule has 0 heterocycles. The summed E-state index contributed by atoms with van der Waals surface area (Å²) in [6, 6.07) is 0. The van der Waals surface area contributed by atoms with Crippen LogP contribution in [0.5, 0.6) is 0 Å². The summed E-state index contributed by atoms with van der Waals surface area (Å²) in [7, 11) is -4.84. The molecule has 0 aromatic heterocycles. The molecule has 1 atom stereocenters. The number of phosphoric ester groups is 1. The van der Waals surface area contributed by atoms with Crippen LogP contribution in [-0.2, 0) is 32.9 Å². The predicted molar refractivity (Wildman–Crippen MR) is 225 cm³/mol. The Balaban J connectivity index is 4.23. The fraction of sp³-hybridized carbons (Fsp3) is 0.533. The highest BCUT2D eigenvalue weighted by atomic mass is 31.2. The highest BCUT2D eigenvalue weighted by molar-refractivity contribution is 7.46. The SMILES string of the molecule is CC/C=C\C/C=C\C/C=C\C/C=C\C/C=C\CCCCCC(=O)OC[C@H](COP(=O)(O)O)OC(=O)CCCC(=O)/C=C/C=C\C/C=C\C/C=C\CCCCC. The smallest absolute Gasteiger partial charge is 0.462 e. The van der Waals surface area contributed by atoms with E-state index in [1.807, 2.05) is 6.08 Å². The highest BCUT2D eigenvalue weighted by Crippen LogP contribution is 2.35. The van der Waals surface area contributed by atoms with Gasteiger partial charge in [0.2, 0.25) is 0 Å². The zero-order valence-electron chi connectivity index (χ0n) is 33.5. The van der Waals surface area contributed by atoms with E-state index in [0.717, 1.165) is 70.6 Å². The second-order valence-electron chi connectivity index (χ2n) is 12.9. The van der Waals surface area contributed by atoms with Crippen molar-refractivity contribution < 1.29 is 42.7 Å². The lowest BCUT2D eigenvalue weighted by Crippen LogP contribution is -2.29. The number of carbonyl (C=O) groups excluding carboxylic acids is 3. The maximum atomic E-state index is 12.4. The van der Waals surface area contributed by atoms with E-state index in [4.69, 9.17) is 19.3 Å². The van der Waals surface area contributed by atoms with Crippen LogP contribution in [0.4, 0.5) is 0 Å². The predicted octanol–water partition coefficient (Wildman–Crippen LogP) is 11.6. The van der Waals surface area contributed by atoms with Crippen LogP contribution in [0.2, 0.25) is 0 Å². The summed E-state index contributed by atoms with van der Waals surface area (Å²) in [5.41, 5.74) is 0. The van der Waals surface area contributed by atoms with Crippen molar-refractivity contribution in [2.24, 2.45) is 0 Å². The number of hydrogen-bond acceptors (Lipinski definition) is 7. The number of carbonyl (C=O) groups is 3. The summed E-state index contributed by atoms with van der Waals surface area (Å²) in [6.07, 6.45) is 51.0. The molecule has 0 saturated heterocycles. The van der Waals surface area contributed by atoms with Gasteiger partial charge in [0.25, 0.3) is 0 Å². The minimum absolute atomic E-state index is 0.0918. The van der Waals surface area contributed by atoms with Crippen LogP contribution < -0.4 is 0 Å². The molecule has 0 aromatic rings. The van der Waals surface area contributed by atoms with Crippen LogP contribution in [-0.4, -0.2) is 46.8 Å². The monoisotopic (exact) mass is 784 g/mol. The Morgan fingerprint density at radius 3 is 1.60 bits per heavy atom. The van der Waals surface area contributed by atoms with Gasteiger partial charge >= 0.3 is 19.8 Å². The third-order valence-corrected chi connectivity index (χ3v) is 8.24. The molecule has 0 unspecified atom stereocenters. The van der Waals surface area contributed by atoms with Gasteiger partial charge in [0.15, 0.2) is 11.9 Å². The van der Waals surface area contributed by atoms with Gasteiger partial charge in [-0.15, -0.1) is 0 Å². The lowest BCUT2D eigenvalue weighted by atomic mass is 10.1. The van der Waals surface area contributed by atoms with Gasteiger partial charge in [0.05, 0.1) is 6.61 Å². The number of rotatable bonds is 35. The quantitative estimate of drug-likeness (QED) is 0.0161. The molecular formula is C45H69O9P. The van der Waals surface area contributed by atoms with Crippen molar-refractivity contribution in [3.8, 4) is 0 Å². The van der Waals surface area contributed by atoms with E-state index in [2.05, 4.69) is 103 Å². The van der Waals surface area contributed by atoms with E-state index in [0.29, 0.717) is 6.42 Å². The van der Waals surface area contributed by atoms with Crippen molar-refractivity contribution >= 4 is 25.5 Å². The summed E-state index contributed by atoms with van der Waals surface area (Å²) in [5, 5.41) is 0. The average Bonchev–Trinajstić information content (AvgIpc) is 3.15. The number of ether oxygens (including phenoxy) is 2. The molecule has 0 bridgehead atoms. The van der Waals surface area contributed by atoms with Crippen molar-refractivity contribution in [1.29, 1.82) is 0 Å². The van der Waals surface area contributed by atoms with Gasteiger partial charge in [-0.2, -0.15) is 0 Å². The van der Waals surface area contributed by atoms with E-state index < -0.39 is 39.1 Å². The fourth-order valence-corrected chi connectivity index (χ4v) is 5.12. The summed E-state index contributed by atoms with van der Waals surface area (Å²) < 4.78 is 26.1. The second-order valence-corrected chi connectivity index (χ2v) is 14.1. The number of hydrogen-bond donors (Lipinski definition) is 2. The third kappa shape index (κ3) is 41.4. The van der Waals surface area contributed by atoms with Crippen molar-refractivity contribution in [3.63, 3.8) is 0 Å². The van der Waals surface area contributed by atoms with E-state index in [9.17, 15) is 18.9 Å². The molecule has 0 aliphatic heterocycles. The Kier molecular flexibility index (Phi) is 36.1. The molecule has 0 fully saturated rings. The lowest BCUT2D eigenvalue weighted by molar-refractivity contribution is -0.161. The minimum Gasteiger partial charge on any atom is -0.462 e. The van der Waals surface area contributed by atoms with Crippen LogP contribution in [0.25, 0.3) is 0 Å². The first-order chi connectivity index (χ1) is 26.7. The molecule has 0 radical (unpaired) electrons. The van der Waals surface area contributed by atoms with E-state index >= 15 is 0 Å². The maximum absolute atomic E-state index is 12.4. The van der Waals surface area contributed by atoms with Gasteiger partial charge in [-0.3, -0.25) is 18.9 Å². The van der Waals surface area contributed by atoms with Gasteiger partial charge in [-0.05, 0) is 89.5 Å². The van der Waals surface area contributed by atoms with Crippen LogP contribution in [0.15, 0.2) is 109 Å². The Morgan fingerprint density at radius 2 is 1.05 bits per heavy atom. The number of esters is 2. The summed E-state index contributed by atoms with van der Waals surface area (Å²) in [5.74, 6) is -1.33. The molecule has 55 heavy (non-hydrogen) atoms.